The van der Waals surface area contributed by atoms with Gasteiger partial charge in [-0.2, -0.15) is 0 Å². The van der Waals surface area contributed by atoms with Crippen molar-refractivity contribution in [3.05, 3.63) is 29.8 Å². The van der Waals surface area contributed by atoms with Crippen LogP contribution in [0, 0.1) is 11.8 Å². The van der Waals surface area contributed by atoms with Crippen LogP contribution in [0.2, 0.25) is 0 Å². The van der Waals surface area contributed by atoms with Crippen LogP contribution in [0.25, 0.3) is 0 Å². The molecule has 1 aromatic rings. The van der Waals surface area contributed by atoms with E-state index in [1.165, 1.54) is 31.6 Å². The summed E-state index contributed by atoms with van der Waals surface area (Å²) in [5, 5.41) is 3.57. The van der Waals surface area contributed by atoms with Gasteiger partial charge < -0.3 is 10.1 Å². The smallest absolute Gasteiger partial charge is 0.122 e. The fourth-order valence-electron chi connectivity index (χ4n) is 4.41. The number of hydrogen-bond donors (Lipinski definition) is 1. The summed E-state index contributed by atoms with van der Waals surface area (Å²) in [6, 6.07) is 9.77. The van der Waals surface area contributed by atoms with Crippen LogP contribution in [0.15, 0.2) is 24.3 Å². The van der Waals surface area contributed by atoms with Gasteiger partial charge in [-0.05, 0) is 56.3 Å². The maximum Gasteiger partial charge on any atom is 0.122 e. The maximum absolute atomic E-state index is 5.51. The van der Waals surface area contributed by atoms with Gasteiger partial charge in [0.2, 0.25) is 0 Å². The van der Waals surface area contributed by atoms with Gasteiger partial charge in [-0.25, -0.2) is 0 Å². The molecule has 2 heterocycles. The number of likely N-dealkylation sites (tertiary alicyclic amines) is 1. The molecule has 0 bridgehead atoms. The Morgan fingerprint density at radius 2 is 2.14 bits per heavy atom. The van der Waals surface area contributed by atoms with Crippen molar-refractivity contribution in [1.29, 1.82) is 0 Å². The standard InChI is InChI=1S/C18H28N2O/c1-4-17-16-11-19-10-15(16)12-20(17)13(2)9-14-7-5-6-8-18(14)21-3/h5-8,13,15-17,19H,4,9-12H2,1-3H3. The molecule has 0 saturated carbocycles. The molecule has 2 fully saturated rings. The van der Waals surface area contributed by atoms with E-state index in [4.69, 9.17) is 4.74 Å². The van der Waals surface area contributed by atoms with E-state index < -0.39 is 0 Å². The third kappa shape index (κ3) is 2.82. The summed E-state index contributed by atoms with van der Waals surface area (Å²) in [6.45, 7) is 8.39. The second-order valence-corrected chi connectivity index (χ2v) is 6.62. The van der Waals surface area contributed by atoms with Crippen molar-refractivity contribution in [3.8, 4) is 5.75 Å². The Labute approximate surface area is 128 Å². The molecule has 1 N–H and O–H groups in total. The molecular weight excluding hydrogens is 260 g/mol. The van der Waals surface area contributed by atoms with Crippen LogP contribution in [0.5, 0.6) is 5.75 Å². The molecule has 3 nitrogen and oxygen atoms in total. The molecule has 2 saturated heterocycles. The Bertz CT molecular complexity index is 476. The fraction of sp³-hybridized carbons (Fsp3) is 0.667. The zero-order valence-electron chi connectivity index (χ0n) is 13.5. The highest BCUT2D eigenvalue weighted by Crippen LogP contribution is 2.36. The zero-order chi connectivity index (χ0) is 14.8. The molecule has 0 aromatic heterocycles. The molecule has 116 valence electrons. The van der Waals surface area contributed by atoms with Crippen molar-refractivity contribution in [2.75, 3.05) is 26.7 Å². The van der Waals surface area contributed by atoms with Gasteiger partial charge in [-0.15, -0.1) is 0 Å². The molecule has 2 aliphatic rings. The minimum Gasteiger partial charge on any atom is -0.496 e. The van der Waals surface area contributed by atoms with E-state index in [1.54, 1.807) is 7.11 Å². The first kappa shape index (κ1) is 14.9. The Balaban J connectivity index is 1.71. The third-order valence-corrected chi connectivity index (χ3v) is 5.45. The van der Waals surface area contributed by atoms with E-state index in [1.807, 2.05) is 6.07 Å². The SMILES string of the molecule is CCC1C2CNCC2CN1C(C)Cc1ccccc1OC. The minimum absolute atomic E-state index is 0.580. The molecule has 21 heavy (non-hydrogen) atoms. The molecule has 0 radical (unpaired) electrons. The molecule has 2 aliphatic heterocycles. The van der Waals surface area contributed by atoms with Gasteiger partial charge in [0, 0.05) is 18.6 Å². The quantitative estimate of drug-likeness (QED) is 0.901. The van der Waals surface area contributed by atoms with Crippen LogP contribution in [0.3, 0.4) is 0 Å². The molecule has 1 aromatic carbocycles. The summed E-state index contributed by atoms with van der Waals surface area (Å²) in [5.41, 5.74) is 1.33. The Morgan fingerprint density at radius 3 is 2.90 bits per heavy atom. The van der Waals surface area contributed by atoms with Crippen LogP contribution in [-0.2, 0) is 6.42 Å². The van der Waals surface area contributed by atoms with Gasteiger partial charge >= 0.3 is 0 Å². The van der Waals surface area contributed by atoms with Gasteiger partial charge in [-0.3, -0.25) is 4.90 Å². The summed E-state index contributed by atoms with van der Waals surface area (Å²) in [5.74, 6) is 2.74. The Hall–Kier alpha value is -1.06. The minimum atomic E-state index is 0.580. The topological polar surface area (TPSA) is 24.5 Å². The monoisotopic (exact) mass is 288 g/mol. The highest BCUT2D eigenvalue weighted by Gasteiger charge is 2.44. The molecule has 3 heteroatoms. The molecule has 0 spiro atoms. The summed E-state index contributed by atoms with van der Waals surface area (Å²) in [6.07, 6.45) is 2.34. The van der Waals surface area contributed by atoms with Crippen molar-refractivity contribution < 1.29 is 4.74 Å². The number of methoxy groups -OCH3 is 1. The molecule has 4 unspecified atom stereocenters. The van der Waals surface area contributed by atoms with Crippen LogP contribution in [0.1, 0.15) is 25.8 Å². The Morgan fingerprint density at radius 1 is 1.33 bits per heavy atom. The number of ether oxygens (including phenoxy) is 1. The van der Waals surface area contributed by atoms with Crippen LogP contribution in [-0.4, -0.2) is 43.7 Å². The lowest BCUT2D eigenvalue weighted by atomic mass is 9.92. The summed E-state index contributed by atoms with van der Waals surface area (Å²) in [4.78, 5) is 2.75. The molecule has 0 aliphatic carbocycles. The number of para-hydroxylation sites is 1. The lowest BCUT2D eigenvalue weighted by molar-refractivity contribution is 0.163. The first-order valence-electron chi connectivity index (χ1n) is 8.33. The molecular formula is C18H28N2O. The lowest BCUT2D eigenvalue weighted by Gasteiger charge is -2.32. The number of nitrogens with one attached hydrogen (secondary N) is 1. The highest BCUT2D eigenvalue weighted by atomic mass is 16.5. The van der Waals surface area contributed by atoms with Crippen LogP contribution >= 0.6 is 0 Å². The van der Waals surface area contributed by atoms with Crippen LogP contribution < -0.4 is 10.1 Å². The first-order valence-corrected chi connectivity index (χ1v) is 8.33. The van der Waals surface area contributed by atoms with Gasteiger partial charge in [0.1, 0.15) is 5.75 Å². The van der Waals surface area contributed by atoms with E-state index in [-0.39, 0.29) is 0 Å². The van der Waals surface area contributed by atoms with Crippen molar-refractivity contribution >= 4 is 0 Å². The number of hydrogen-bond acceptors (Lipinski definition) is 3. The van der Waals surface area contributed by atoms with Gasteiger partial charge in [0.15, 0.2) is 0 Å². The predicted molar refractivity (Wildman–Crippen MR) is 86.8 cm³/mol. The number of nitrogens with zero attached hydrogens (tertiary/aromatic N) is 1. The van der Waals surface area contributed by atoms with E-state index >= 15 is 0 Å². The predicted octanol–water partition coefficient (Wildman–Crippen LogP) is 2.56. The summed E-state index contributed by atoms with van der Waals surface area (Å²) < 4.78 is 5.51. The van der Waals surface area contributed by atoms with Crippen molar-refractivity contribution in [3.63, 3.8) is 0 Å². The van der Waals surface area contributed by atoms with E-state index in [9.17, 15) is 0 Å². The van der Waals surface area contributed by atoms with Crippen molar-refractivity contribution in [2.45, 2.75) is 38.8 Å². The maximum atomic E-state index is 5.51. The molecule has 3 rings (SSSR count). The fourth-order valence-corrected chi connectivity index (χ4v) is 4.41. The number of benzene rings is 1. The average Bonchev–Trinajstić information content (AvgIpc) is 3.07. The van der Waals surface area contributed by atoms with Gasteiger partial charge in [0.05, 0.1) is 7.11 Å². The van der Waals surface area contributed by atoms with Crippen LogP contribution in [0.4, 0.5) is 0 Å². The normalized spacial score (nSPS) is 30.3. The third-order valence-electron chi connectivity index (χ3n) is 5.45. The lowest BCUT2D eigenvalue weighted by Crippen LogP contribution is -2.42. The van der Waals surface area contributed by atoms with Gasteiger partial charge in [0.25, 0.3) is 0 Å². The second kappa shape index (κ2) is 6.37. The van der Waals surface area contributed by atoms with E-state index in [2.05, 4.69) is 42.3 Å². The second-order valence-electron chi connectivity index (χ2n) is 6.62. The van der Waals surface area contributed by atoms with E-state index in [0.29, 0.717) is 6.04 Å². The van der Waals surface area contributed by atoms with Crippen molar-refractivity contribution in [2.24, 2.45) is 11.8 Å². The number of fused-ring (bicyclic) bond motifs is 1. The molecule has 0 amide bonds. The Kier molecular flexibility index (Phi) is 4.51. The van der Waals surface area contributed by atoms with E-state index in [0.717, 1.165) is 30.0 Å². The largest absolute Gasteiger partial charge is 0.496 e. The number of rotatable bonds is 5. The zero-order valence-corrected chi connectivity index (χ0v) is 13.5. The highest BCUT2D eigenvalue weighted by molar-refractivity contribution is 5.33. The summed E-state index contributed by atoms with van der Waals surface area (Å²) in [7, 11) is 1.77. The first-order chi connectivity index (χ1) is 10.2. The molecule has 4 atom stereocenters. The van der Waals surface area contributed by atoms with Gasteiger partial charge in [-0.1, -0.05) is 25.1 Å². The average molecular weight is 288 g/mol. The summed E-state index contributed by atoms with van der Waals surface area (Å²) >= 11 is 0. The van der Waals surface area contributed by atoms with Crippen molar-refractivity contribution in [1.82, 2.24) is 10.2 Å².